The van der Waals surface area contributed by atoms with E-state index in [1.807, 2.05) is 24.0 Å². The third-order valence-corrected chi connectivity index (χ3v) is 7.56. The second-order valence-electron chi connectivity index (χ2n) is 9.96. The van der Waals surface area contributed by atoms with E-state index in [1.54, 1.807) is 41.3 Å². The second-order valence-corrected chi connectivity index (χ2v) is 10.4. The summed E-state index contributed by atoms with van der Waals surface area (Å²) in [6, 6.07) is 13.8. The van der Waals surface area contributed by atoms with Gasteiger partial charge in [0, 0.05) is 41.9 Å². The number of carbonyl (C=O) groups is 3. The number of aryl methyl sites for hydroxylation is 1. The second kappa shape index (κ2) is 11.8. The summed E-state index contributed by atoms with van der Waals surface area (Å²) in [5.74, 6) is -0.292. The van der Waals surface area contributed by atoms with Crippen LogP contribution in [0.15, 0.2) is 48.5 Å². The lowest BCUT2D eigenvalue weighted by atomic mass is 9.87. The zero-order valence-corrected chi connectivity index (χ0v) is 21.8. The van der Waals surface area contributed by atoms with Gasteiger partial charge < -0.3 is 20.4 Å². The molecule has 7 nitrogen and oxygen atoms in total. The van der Waals surface area contributed by atoms with Crippen LogP contribution in [0, 0.1) is 12.8 Å². The number of piperidine rings is 2. The number of urea groups is 1. The first-order valence-electron chi connectivity index (χ1n) is 12.8. The lowest BCUT2D eigenvalue weighted by Crippen LogP contribution is -2.57. The average Bonchev–Trinajstić information content (AvgIpc) is 2.87. The maximum absolute atomic E-state index is 13.7. The number of rotatable bonds is 5. The van der Waals surface area contributed by atoms with Crippen LogP contribution in [-0.4, -0.2) is 59.4 Å². The van der Waals surface area contributed by atoms with E-state index in [0.29, 0.717) is 42.2 Å². The van der Waals surface area contributed by atoms with Gasteiger partial charge in [-0.05, 0) is 82.2 Å². The normalized spacial score (nSPS) is 19.5. The Kier molecular flexibility index (Phi) is 8.52. The molecule has 2 atom stereocenters. The van der Waals surface area contributed by atoms with E-state index >= 15 is 0 Å². The third kappa shape index (κ3) is 6.38. The first-order chi connectivity index (χ1) is 17.3. The maximum Gasteiger partial charge on any atom is 0.321 e. The van der Waals surface area contributed by atoms with Gasteiger partial charge in [-0.3, -0.25) is 9.59 Å². The number of halogens is 1. The van der Waals surface area contributed by atoms with Crippen molar-refractivity contribution in [1.82, 2.24) is 15.1 Å². The molecule has 36 heavy (non-hydrogen) atoms. The Hall–Kier alpha value is -3.06. The number of hydrogen-bond acceptors (Lipinski definition) is 3. The van der Waals surface area contributed by atoms with Gasteiger partial charge in [0.15, 0.2) is 0 Å². The minimum Gasteiger partial charge on any atom is -0.340 e. The van der Waals surface area contributed by atoms with Crippen molar-refractivity contribution in [2.24, 2.45) is 5.92 Å². The lowest BCUT2D eigenvalue weighted by Gasteiger charge is -2.40. The molecule has 0 aromatic heterocycles. The number of nitrogens with one attached hydrogen (secondary N) is 2. The van der Waals surface area contributed by atoms with Crippen LogP contribution in [0.4, 0.5) is 10.5 Å². The van der Waals surface area contributed by atoms with Crippen LogP contribution in [0.3, 0.4) is 0 Å². The van der Waals surface area contributed by atoms with Crippen LogP contribution in [0.25, 0.3) is 0 Å². The predicted molar refractivity (Wildman–Crippen MR) is 142 cm³/mol. The van der Waals surface area contributed by atoms with Gasteiger partial charge in [0.1, 0.15) is 6.04 Å². The van der Waals surface area contributed by atoms with Gasteiger partial charge >= 0.3 is 6.03 Å². The van der Waals surface area contributed by atoms with Gasteiger partial charge in [-0.1, -0.05) is 35.4 Å². The number of carbonyl (C=O) groups excluding carboxylic acids is 3. The van der Waals surface area contributed by atoms with E-state index < -0.39 is 6.04 Å². The smallest absolute Gasteiger partial charge is 0.321 e. The average molecular weight is 511 g/mol. The van der Waals surface area contributed by atoms with Gasteiger partial charge in [0.25, 0.3) is 5.91 Å². The summed E-state index contributed by atoms with van der Waals surface area (Å²) >= 11 is 6.03. The van der Waals surface area contributed by atoms with Crippen LogP contribution < -0.4 is 10.6 Å². The van der Waals surface area contributed by atoms with E-state index in [-0.39, 0.29) is 29.8 Å². The molecule has 2 aliphatic rings. The third-order valence-electron chi connectivity index (χ3n) is 7.33. The molecule has 2 N–H and O–H groups in total. The molecule has 2 aromatic carbocycles. The minimum absolute atomic E-state index is 0.00973. The number of amides is 4. The lowest BCUT2D eigenvalue weighted by molar-refractivity contribution is -0.138. The number of hydrogen-bond donors (Lipinski definition) is 2. The Morgan fingerprint density at radius 2 is 1.69 bits per heavy atom. The summed E-state index contributed by atoms with van der Waals surface area (Å²) in [6.45, 7) is 5.80. The molecule has 0 spiro atoms. The van der Waals surface area contributed by atoms with Crippen molar-refractivity contribution in [3.8, 4) is 0 Å². The zero-order chi connectivity index (χ0) is 25.7. The van der Waals surface area contributed by atoms with Gasteiger partial charge in [-0.2, -0.15) is 0 Å². The first kappa shape index (κ1) is 26.0. The Balaban J connectivity index is 1.44. The number of likely N-dealkylation sites (tertiary alicyclic amines) is 2. The Morgan fingerprint density at radius 3 is 2.36 bits per heavy atom. The number of anilines is 1. The van der Waals surface area contributed by atoms with Crippen molar-refractivity contribution < 1.29 is 14.4 Å². The fourth-order valence-corrected chi connectivity index (χ4v) is 5.31. The highest BCUT2D eigenvalue weighted by atomic mass is 35.5. The van der Waals surface area contributed by atoms with E-state index in [2.05, 4.69) is 17.6 Å². The van der Waals surface area contributed by atoms with Crippen LogP contribution in [0.1, 0.15) is 54.9 Å². The van der Waals surface area contributed by atoms with E-state index in [0.717, 1.165) is 31.4 Å². The van der Waals surface area contributed by atoms with Crippen LogP contribution in [0.5, 0.6) is 0 Å². The van der Waals surface area contributed by atoms with Crippen molar-refractivity contribution >= 4 is 35.1 Å². The Morgan fingerprint density at radius 1 is 0.972 bits per heavy atom. The van der Waals surface area contributed by atoms with Crippen molar-refractivity contribution in [2.45, 2.75) is 58.0 Å². The molecule has 0 bridgehead atoms. The van der Waals surface area contributed by atoms with Crippen molar-refractivity contribution in [1.29, 1.82) is 0 Å². The monoisotopic (exact) mass is 510 g/mol. The number of nitrogens with zero attached hydrogens (tertiary/aromatic N) is 2. The highest BCUT2D eigenvalue weighted by Gasteiger charge is 2.38. The fourth-order valence-electron chi connectivity index (χ4n) is 5.12. The molecule has 4 amide bonds. The molecular weight excluding hydrogens is 476 g/mol. The first-order valence-corrected chi connectivity index (χ1v) is 13.2. The summed E-state index contributed by atoms with van der Waals surface area (Å²) in [6.07, 6.45) is 4.35. The topological polar surface area (TPSA) is 81.8 Å². The Bertz CT molecular complexity index is 1080. The highest BCUT2D eigenvalue weighted by molar-refractivity contribution is 6.30. The summed E-state index contributed by atoms with van der Waals surface area (Å²) in [5.41, 5.74) is 2.26. The van der Waals surface area contributed by atoms with Gasteiger partial charge in [-0.15, -0.1) is 0 Å². The highest BCUT2D eigenvalue weighted by Crippen LogP contribution is 2.26. The zero-order valence-electron chi connectivity index (χ0n) is 21.0. The molecular formula is C28H35ClN4O3. The largest absolute Gasteiger partial charge is 0.340 e. The summed E-state index contributed by atoms with van der Waals surface area (Å²) in [7, 11) is 0. The molecule has 2 heterocycles. The van der Waals surface area contributed by atoms with E-state index in [9.17, 15) is 14.4 Å². The van der Waals surface area contributed by atoms with E-state index in [1.165, 1.54) is 0 Å². The van der Waals surface area contributed by atoms with Crippen LogP contribution >= 0.6 is 11.6 Å². The summed E-state index contributed by atoms with van der Waals surface area (Å²) in [4.78, 5) is 43.3. The molecule has 2 aromatic rings. The van der Waals surface area contributed by atoms with Gasteiger partial charge in [0.05, 0.1) is 0 Å². The SMILES string of the molecule is Cc1ccc(C(=O)N[C@@H](C(=O)N2CCCC[C@@H]2C)C2CCN(C(=O)Nc3cccc(Cl)c3)CC2)cc1. The van der Waals surface area contributed by atoms with Crippen LogP contribution in [-0.2, 0) is 4.79 Å². The quantitative estimate of drug-likeness (QED) is 0.587. The molecule has 0 unspecified atom stereocenters. The van der Waals surface area contributed by atoms with Crippen LogP contribution in [0.2, 0.25) is 5.02 Å². The standard InChI is InChI=1S/C28H35ClN4O3/c1-19-9-11-22(12-10-19)26(34)31-25(27(35)33-15-4-3-6-20(33)2)21-13-16-32(17-14-21)28(36)30-24-8-5-7-23(29)18-24/h5,7-12,18,20-21,25H,3-4,6,13-17H2,1-2H3,(H,30,36)(H,31,34)/t20-,25+/m0/s1. The molecule has 4 rings (SSSR count). The summed E-state index contributed by atoms with van der Waals surface area (Å²) in [5, 5.41) is 6.52. The minimum atomic E-state index is -0.613. The van der Waals surface area contributed by atoms with E-state index in [4.69, 9.17) is 11.6 Å². The Labute approximate surface area is 218 Å². The van der Waals surface area contributed by atoms with Crippen molar-refractivity contribution in [2.75, 3.05) is 25.0 Å². The molecule has 0 aliphatic carbocycles. The molecule has 192 valence electrons. The number of benzene rings is 2. The molecule has 0 radical (unpaired) electrons. The van der Waals surface area contributed by atoms with Crippen molar-refractivity contribution in [3.63, 3.8) is 0 Å². The molecule has 2 fully saturated rings. The molecule has 8 heteroatoms. The fraction of sp³-hybridized carbons (Fsp3) is 0.464. The molecule has 2 aliphatic heterocycles. The van der Waals surface area contributed by atoms with Crippen molar-refractivity contribution in [3.05, 3.63) is 64.7 Å². The van der Waals surface area contributed by atoms with Gasteiger partial charge in [0.2, 0.25) is 5.91 Å². The maximum atomic E-state index is 13.7. The predicted octanol–water partition coefficient (Wildman–Crippen LogP) is 5.09. The molecule has 2 saturated heterocycles. The van der Waals surface area contributed by atoms with Gasteiger partial charge in [-0.25, -0.2) is 4.79 Å². The molecule has 0 saturated carbocycles. The summed E-state index contributed by atoms with van der Waals surface area (Å²) < 4.78 is 0.